The van der Waals surface area contributed by atoms with Gasteiger partial charge in [-0.1, -0.05) is 23.4 Å². The third-order valence-electron chi connectivity index (χ3n) is 4.97. The van der Waals surface area contributed by atoms with E-state index in [1.54, 1.807) is 6.92 Å². The SMILES string of the molecule is Cc1nc([C@@H]2CCCN(C(=O)CCc3c[nH]c4ccccc34)C2)no1. The summed E-state index contributed by atoms with van der Waals surface area (Å²) in [7, 11) is 0. The number of piperidine rings is 1. The maximum absolute atomic E-state index is 12.7. The molecule has 0 unspecified atom stereocenters. The van der Waals surface area contributed by atoms with Crippen molar-refractivity contribution in [3.63, 3.8) is 0 Å². The molecule has 1 N–H and O–H groups in total. The van der Waals surface area contributed by atoms with Gasteiger partial charge in [0.15, 0.2) is 5.82 Å². The second kappa shape index (κ2) is 6.70. The highest BCUT2D eigenvalue weighted by Crippen LogP contribution is 2.26. The summed E-state index contributed by atoms with van der Waals surface area (Å²) in [4.78, 5) is 22.2. The Bertz CT molecular complexity index is 882. The zero-order valence-corrected chi connectivity index (χ0v) is 14.4. The van der Waals surface area contributed by atoms with Crippen molar-refractivity contribution in [1.82, 2.24) is 20.0 Å². The number of carbonyl (C=O) groups is 1. The number of rotatable bonds is 4. The van der Waals surface area contributed by atoms with Crippen molar-refractivity contribution in [2.75, 3.05) is 13.1 Å². The zero-order chi connectivity index (χ0) is 17.2. The lowest BCUT2D eigenvalue weighted by atomic mass is 9.97. The molecule has 1 aromatic carbocycles. The Morgan fingerprint density at radius 1 is 1.40 bits per heavy atom. The summed E-state index contributed by atoms with van der Waals surface area (Å²) in [6.45, 7) is 3.30. The Hall–Kier alpha value is -2.63. The maximum atomic E-state index is 12.7. The molecule has 130 valence electrons. The third kappa shape index (κ3) is 3.29. The summed E-state index contributed by atoms with van der Waals surface area (Å²) >= 11 is 0. The number of amides is 1. The topological polar surface area (TPSA) is 75.0 Å². The first-order chi connectivity index (χ1) is 12.2. The van der Waals surface area contributed by atoms with Crippen molar-refractivity contribution in [2.24, 2.45) is 0 Å². The summed E-state index contributed by atoms with van der Waals surface area (Å²) < 4.78 is 5.08. The summed E-state index contributed by atoms with van der Waals surface area (Å²) in [6.07, 6.45) is 5.28. The first kappa shape index (κ1) is 15.9. The number of aryl methyl sites for hydroxylation is 2. The van der Waals surface area contributed by atoms with Crippen molar-refractivity contribution in [1.29, 1.82) is 0 Å². The molecule has 4 rings (SSSR count). The lowest BCUT2D eigenvalue weighted by Crippen LogP contribution is -2.39. The molecule has 1 aliphatic heterocycles. The van der Waals surface area contributed by atoms with Crippen LogP contribution in [0.4, 0.5) is 0 Å². The van der Waals surface area contributed by atoms with Crippen LogP contribution < -0.4 is 0 Å². The third-order valence-corrected chi connectivity index (χ3v) is 4.97. The van der Waals surface area contributed by atoms with E-state index in [4.69, 9.17) is 4.52 Å². The van der Waals surface area contributed by atoms with Gasteiger partial charge >= 0.3 is 0 Å². The van der Waals surface area contributed by atoms with E-state index in [1.807, 2.05) is 23.2 Å². The van der Waals surface area contributed by atoms with Crippen molar-refractivity contribution >= 4 is 16.8 Å². The molecule has 1 fully saturated rings. The number of aromatic nitrogens is 3. The van der Waals surface area contributed by atoms with Gasteiger partial charge in [0.25, 0.3) is 0 Å². The quantitative estimate of drug-likeness (QED) is 0.793. The first-order valence-electron chi connectivity index (χ1n) is 8.83. The molecule has 1 amide bonds. The normalized spacial score (nSPS) is 18.0. The summed E-state index contributed by atoms with van der Waals surface area (Å²) in [5.74, 6) is 1.70. The molecule has 1 atom stereocenters. The summed E-state index contributed by atoms with van der Waals surface area (Å²) in [5.41, 5.74) is 2.32. The summed E-state index contributed by atoms with van der Waals surface area (Å²) in [5, 5.41) is 5.23. The molecule has 0 spiro atoms. The molecule has 0 bridgehead atoms. The van der Waals surface area contributed by atoms with Gasteiger partial charge in [0.1, 0.15) is 0 Å². The smallest absolute Gasteiger partial charge is 0.223 e. The lowest BCUT2D eigenvalue weighted by molar-refractivity contribution is -0.132. The number of nitrogens with zero attached hydrogens (tertiary/aromatic N) is 3. The second-order valence-electron chi connectivity index (χ2n) is 6.71. The Balaban J connectivity index is 1.39. The predicted octanol–water partition coefficient (Wildman–Crippen LogP) is 3.20. The monoisotopic (exact) mass is 338 g/mol. The van der Waals surface area contributed by atoms with Gasteiger partial charge in [0.05, 0.1) is 0 Å². The minimum atomic E-state index is 0.184. The van der Waals surface area contributed by atoms with Crippen molar-refractivity contribution in [2.45, 2.75) is 38.5 Å². The van der Waals surface area contributed by atoms with Gasteiger partial charge in [-0.3, -0.25) is 4.79 Å². The fraction of sp³-hybridized carbons (Fsp3) is 0.421. The van der Waals surface area contributed by atoms with E-state index in [2.05, 4.69) is 27.3 Å². The Kier molecular flexibility index (Phi) is 4.26. The van der Waals surface area contributed by atoms with Crippen LogP contribution in [0.1, 0.15) is 42.5 Å². The van der Waals surface area contributed by atoms with Gasteiger partial charge < -0.3 is 14.4 Å². The van der Waals surface area contributed by atoms with Gasteiger partial charge in [-0.05, 0) is 30.9 Å². The number of fused-ring (bicyclic) bond motifs is 1. The van der Waals surface area contributed by atoms with E-state index < -0.39 is 0 Å². The highest BCUT2D eigenvalue weighted by atomic mass is 16.5. The average Bonchev–Trinajstić information content (AvgIpc) is 3.26. The van der Waals surface area contributed by atoms with E-state index in [9.17, 15) is 4.79 Å². The number of para-hydroxylation sites is 1. The molecule has 1 saturated heterocycles. The highest BCUT2D eigenvalue weighted by molar-refractivity contribution is 5.84. The molecule has 3 heterocycles. The number of benzene rings is 1. The maximum Gasteiger partial charge on any atom is 0.223 e. The van der Waals surface area contributed by atoms with E-state index in [-0.39, 0.29) is 11.8 Å². The van der Waals surface area contributed by atoms with Crippen LogP contribution in [-0.2, 0) is 11.2 Å². The number of hydrogen-bond donors (Lipinski definition) is 1. The van der Waals surface area contributed by atoms with Crippen LogP contribution in [-0.4, -0.2) is 39.0 Å². The average molecular weight is 338 g/mol. The van der Waals surface area contributed by atoms with Gasteiger partial charge in [-0.15, -0.1) is 0 Å². The van der Waals surface area contributed by atoms with Crippen molar-refractivity contribution in [3.05, 3.63) is 47.7 Å². The van der Waals surface area contributed by atoms with E-state index in [0.29, 0.717) is 18.9 Å². The lowest BCUT2D eigenvalue weighted by Gasteiger charge is -2.31. The molecular weight excluding hydrogens is 316 g/mol. The minimum absolute atomic E-state index is 0.184. The molecule has 0 saturated carbocycles. The van der Waals surface area contributed by atoms with Crippen molar-refractivity contribution in [3.8, 4) is 0 Å². The van der Waals surface area contributed by atoms with Crippen LogP contribution in [0.2, 0.25) is 0 Å². The number of likely N-dealkylation sites (tertiary alicyclic amines) is 1. The van der Waals surface area contributed by atoms with E-state index >= 15 is 0 Å². The van der Waals surface area contributed by atoms with E-state index in [0.717, 1.165) is 37.1 Å². The van der Waals surface area contributed by atoms with Crippen LogP contribution in [0.5, 0.6) is 0 Å². The van der Waals surface area contributed by atoms with Gasteiger partial charge in [0.2, 0.25) is 11.8 Å². The number of hydrogen-bond acceptors (Lipinski definition) is 4. The standard InChI is InChI=1S/C19H22N4O2/c1-13-21-19(22-25-13)15-5-4-10-23(12-15)18(24)9-8-14-11-20-17-7-3-2-6-16(14)17/h2-3,6-7,11,15,20H,4-5,8-10,12H2,1H3/t15-/m1/s1. The van der Waals surface area contributed by atoms with Crippen LogP contribution in [0.15, 0.2) is 35.0 Å². The van der Waals surface area contributed by atoms with Gasteiger partial charge in [0, 0.05) is 49.5 Å². The highest BCUT2D eigenvalue weighted by Gasteiger charge is 2.27. The van der Waals surface area contributed by atoms with Crippen LogP contribution in [0, 0.1) is 6.92 Å². The predicted molar refractivity (Wildman–Crippen MR) is 94.2 cm³/mol. The van der Waals surface area contributed by atoms with Crippen molar-refractivity contribution < 1.29 is 9.32 Å². The molecule has 25 heavy (non-hydrogen) atoms. The molecule has 1 aliphatic rings. The fourth-order valence-corrected chi connectivity index (χ4v) is 3.63. The zero-order valence-electron chi connectivity index (χ0n) is 14.4. The molecule has 0 radical (unpaired) electrons. The number of aromatic amines is 1. The van der Waals surface area contributed by atoms with Crippen LogP contribution in [0.25, 0.3) is 10.9 Å². The molecule has 0 aliphatic carbocycles. The number of nitrogens with one attached hydrogen (secondary N) is 1. The number of H-pyrrole nitrogens is 1. The molecular formula is C19H22N4O2. The molecule has 3 aromatic rings. The molecule has 6 heteroatoms. The minimum Gasteiger partial charge on any atom is -0.361 e. The van der Waals surface area contributed by atoms with E-state index in [1.165, 1.54) is 10.9 Å². The Labute approximate surface area is 146 Å². The van der Waals surface area contributed by atoms with Gasteiger partial charge in [-0.25, -0.2) is 0 Å². The Morgan fingerprint density at radius 3 is 3.12 bits per heavy atom. The van der Waals surface area contributed by atoms with Crippen LogP contribution in [0.3, 0.4) is 0 Å². The Morgan fingerprint density at radius 2 is 2.28 bits per heavy atom. The number of carbonyl (C=O) groups excluding carboxylic acids is 1. The largest absolute Gasteiger partial charge is 0.361 e. The molecule has 2 aromatic heterocycles. The van der Waals surface area contributed by atoms with Gasteiger partial charge in [-0.2, -0.15) is 4.98 Å². The second-order valence-corrected chi connectivity index (χ2v) is 6.71. The summed E-state index contributed by atoms with van der Waals surface area (Å²) in [6, 6.07) is 8.20. The van der Waals surface area contributed by atoms with Crippen LogP contribution >= 0.6 is 0 Å². The molecule has 6 nitrogen and oxygen atoms in total. The first-order valence-corrected chi connectivity index (χ1v) is 8.83. The fourth-order valence-electron chi connectivity index (χ4n) is 3.63.